The number of hydroxylamine groups is 1. The van der Waals surface area contributed by atoms with E-state index in [2.05, 4.69) is 15.8 Å². The van der Waals surface area contributed by atoms with Crippen molar-refractivity contribution in [3.05, 3.63) is 45.7 Å². The first kappa shape index (κ1) is 21.2. The minimum absolute atomic E-state index is 0.126. The lowest BCUT2D eigenvalue weighted by atomic mass is 10.2. The fourth-order valence-corrected chi connectivity index (χ4v) is 2.90. The minimum Gasteiger partial charge on any atom is -0.491 e. The molecule has 0 unspecified atom stereocenters. The molecule has 154 valence electrons. The second kappa shape index (κ2) is 9.35. The number of anilines is 2. The zero-order chi connectivity index (χ0) is 21.0. The number of amides is 1. The summed E-state index contributed by atoms with van der Waals surface area (Å²) in [6.45, 7) is -0.857. The quantitative estimate of drug-likeness (QED) is 0.265. The van der Waals surface area contributed by atoms with Crippen LogP contribution in [0.5, 0.6) is 5.75 Å². The number of furan rings is 1. The monoisotopic (exact) mass is 517 g/mol. The SMILES string of the molecule is COc1cncc2c(Nc3ccc(I)cc3F)c(C(=O)NOC[C@H](O)CO)oc12. The van der Waals surface area contributed by atoms with Gasteiger partial charge in [0, 0.05) is 9.77 Å². The van der Waals surface area contributed by atoms with Crippen LogP contribution < -0.4 is 15.5 Å². The molecule has 0 aliphatic rings. The lowest BCUT2D eigenvalue weighted by Gasteiger charge is -2.10. The predicted octanol–water partition coefficient (Wildman–Crippen LogP) is 2.34. The van der Waals surface area contributed by atoms with Gasteiger partial charge in [0.15, 0.2) is 11.3 Å². The van der Waals surface area contributed by atoms with Crippen molar-refractivity contribution in [1.82, 2.24) is 10.5 Å². The standard InChI is InChI=1S/C18H17FIN3O6/c1-27-14-6-21-5-11-15(22-13-3-2-9(20)4-12(13)19)17(29-16(11)14)18(26)23-28-8-10(25)7-24/h2-6,10,22,24-25H,7-8H2,1H3,(H,23,26)/t10-/m1/s1. The van der Waals surface area contributed by atoms with Gasteiger partial charge < -0.3 is 24.7 Å². The van der Waals surface area contributed by atoms with Crippen molar-refractivity contribution in [3.8, 4) is 5.75 Å². The molecule has 0 aliphatic heterocycles. The summed E-state index contributed by atoms with van der Waals surface area (Å²) >= 11 is 1.98. The Morgan fingerprint density at radius 1 is 1.41 bits per heavy atom. The van der Waals surface area contributed by atoms with E-state index < -0.39 is 24.4 Å². The van der Waals surface area contributed by atoms with Gasteiger partial charge in [-0.2, -0.15) is 0 Å². The zero-order valence-electron chi connectivity index (χ0n) is 15.1. The van der Waals surface area contributed by atoms with Crippen LogP contribution in [0.2, 0.25) is 0 Å². The van der Waals surface area contributed by atoms with Gasteiger partial charge >= 0.3 is 5.91 Å². The molecule has 0 bridgehead atoms. The number of pyridine rings is 1. The minimum atomic E-state index is -1.16. The Balaban J connectivity index is 1.99. The number of hydrogen-bond donors (Lipinski definition) is 4. The van der Waals surface area contributed by atoms with Crippen LogP contribution in [-0.4, -0.2) is 47.5 Å². The van der Waals surface area contributed by atoms with Crippen LogP contribution in [0.25, 0.3) is 11.0 Å². The van der Waals surface area contributed by atoms with Gasteiger partial charge in [-0.05, 0) is 40.8 Å². The van der Waals surface area contributed by atoms with E-state index in [9.17, 15) is 14.3 Å². The highest BCUT2D eigenvalue weighted by molar-refractivity contribution is 14.1. The molecule has 3 rings (SSSR count). The zero-order valence-corrected chi connectivity index (χ0v) is 17.3. The first-order valence-corrected chi connectivity index (χ1v) is 9.40. The number of nitrogens with one attached hydrogen (secondary N) is 2. The van der Waals surface area contributed by atoms with E-state index in [0.717, 1.165) is 0 Å². The molecule has 3 aromatic rings. The number of aliphatic hydroxyl groups excluding tert-OH is 2. The number of rotatable bonds is 8. The molecule has 0 fully saturated rings. The van der Waals surface area contributed by atoms with Gasteiger partial charge in [0.25, 0.3) is 0 Å². The van der Waals surface area contributed by atoms with E-state index in [1.807, 2.05) is 22.6 Å². The normalized spacial score (nSPS) is 12.0. The van der Waals surface area contributed by atoms with Crippen LogP contribution in [0.4, 0.5) is 15.8 Å². The maximum absolute atomic E-state index is 14.3. The molecule has 0 radical (unpaired) electrons. The molecule has 0 spiro atoms. The summed E-state index contributed by atoms with van der Waals surface area (Å²) in [5.74, 6) is -1.23. The van der Waals surface area contributed by atoms with Gasteiger partial charge in [-0.25, -0.2) is 9.87 Å². The molecule has 1 aromatic carbocycles. The van der Waals surface area contributed by atoms with E-state index in [1.54, 1.807) is 6.07 Å². The summed E-state index contributed by atoms with van der Waals surface area (Å²) in [6, 6.07) is 4.56. The second-order valence-corrected chi connectivity index (χ2v) is 7.10. The average molecular weight is 517 g/mol. The van der Waals surface area contributed by atoms with Crippen LogP contribution in [-0.2, 0) is 4.84 Å². The molecule has 9 nitrogen and oxygen atoms in total. The molecular formula is C18H17FIN3O6. The maximum Gasteiger partial charge on any atom is 0.312 e. The summed E-state index contributed by atoms with van der Waals surface area (Å²) in [5.41, 5.74) is 2.63. The Hall–Kier alpha value is -2.48. The Kier molecular flexibility index (Phi) is 6.84. The fraction of sp³-hybridized carbons (Fsp3) is 0.222. The Morgan fingerprint density at radius 2 is 2.21 bits per heavy atom. The number of carbonyl (C=O) groups is 1. The average Bonchev–Trinajstić information content (AvgIpc) is 3.08. The van der Waals surface area contributed by atoms with Gasteiger partial charge in [0.2, 0.25) is 5.76 Å². The van der Waals surface area contributed by atoms with Gasteiger partial charge in [0.1, 0.15) is 24.2 Å². The number of benzene rings is 1. The van der Waals surface area contributed by atoms with Gasteiger partial charge in [-0.1, -0.05) is 0 Å². The van der Waals surface area contributed by atoms with E-state index in [4.69, 9.17) is 19.1 Å². The molecular weight excluding hydrogens is 500 g/mol. The third kappa shape index (κ3) is 4.75. The summed E-state index contributed by atoms with van der Waals surface area (Å²) < 4.78 is 25.9. The lowest BCUT2D eigenvalue weighted by molar-refractivity contribution is -0.0302. The molecule has 1 amide bonds. The number of fused-ring (bicyclic) bond motifs is 1. The van der Waals surface area contributed by atoms with Crippen LogP contribution >= 0.6 is 22.6 Å². The number of nitrogens with zero attached hydrogens (tertiary/aromatic N) is 1. The first-order valence-electron chi connectivity index (χ1n) is 8.32. The number of hydrogen-bond acceptors (Lipinski definition) is 8. The summed E-state index contributed by atoms with van der Waals surface area (Å²) in [5, 5.41) is 21.3. The summed E-state index contributed by atoms with van der Waals surface area (Å²) in [7, 11) is 1.42. The molecule has 4 N–H and O–H groups in total. The van der Waals surface area contributed by atoms with E-state index in [-0.39, 0.29) is 35.1 Å². The number of halogens is 2. The fourth-order valence-electron chi connectivity index (χ4n) is 2.45. The number of carbonyl (C=O) groups excluding carboxylic acids is 1. The number of aliphatic hydroxyl groups is 2. The smallest absolute Gasteiger partial charge is 0.312 e. The molecule has 2 aromatic heterocycles. The van der Waals surface area contributed by atoms with Crippen molar-refractivity contribution >= 4 is 50.8 Å². The Morgan fingerprint density at radius 3 is 2.90 bits per heavy atom. The number of methoxy groups -OCH3 is 1. The third-order valence-electron chi connectivity index (χ3n) is 3.83. The van der Waals surface area contributed by atoms with Crippen LogP contribution in [0.15, 0.2) is 35.0 Å². The summed E-state index contributed by atoms with van der Waals surface area (Å²) in [6.07, 6.45) is 1.70. The van der Waals surface area contributed by atoms with Crippen LogP contribution in [0.1, 0.15) is 10.6 Å². The van der Waals surface area contributed by atoms with Crippen molar-refractivity contribution in [3.63, 3.8) is 0 Å². The highest BCUT2D eigenvalue weighted by atomic mass is 127. The van der Waals surface area contributed by atoms with E-state index in [1.165, 1.54) is 31.6 Å². The highest BCUT2D eigenvalue weighted by Gasteiger charge is 2.24. The molecule has 0 saturated carbocycles. The van der Waals surface area contributed by atoms with Crippen molar-refractivity contribution in [2.24, 2.45) is 0 Å². The third-order valence-corrected chi connectivity index (χ3v) is 4.50. The first-order chi connectivity index (χ1) is 13.9. The Bertz CT molecular complexity index is 1030. The molecule has 2 heterocycles. The molecule has 0 aliphatic carbocycles. The highest BCUT2D eigenvalue weighted by Crippen LogP contribution is 2.37. The van der Waals surface area contributed by atoms with Gasteiger partial charge in [0.05, 0.1) is 31.0 Å². The Labute approximate surface area is 177 Å². The van der Waals surface area contributed by atoms with E-state index >= 15 is 0 Å². The second-order valence-electron chi connectivity index (χ2n) is 5.85. The molecule has 1 atom stereocenters. The number of ether oxygens (including phenoxy) is 1. The molecule has 11 heteroatoms. The number of aromatic nitrogens is 1. The van der Waals surface area contributed by atoms with Crippen molar-refractivity contribution in [2.45, 2.75) is 6.10 Å². The van der Waals surface area contributed by atoms with Gasteiger partial charge in [-0.15, -0.1) is 0 Å². The van der Waals surface area contributed by atoms with E-state index in [0.29, 0.717) is 8.96 Å². The van der Waals surface area contributed by atoms with Crippen molar-refractivity contribution < 1.29 is 33.4 Å². The van der Waals surface area contributed by atoms with Crippen LogP contribution in [0, 0.1) is 9.39 Å². The predicted molar refractivity (Wildman–Crippen MR) is 109 cm³/mol. The molecule has 29 heavy (non-hydrogen) atoms. The van der Waals surface area contributed by atoms with Crippen molar-refractivity contribution in [2.75, 3.05) is 25.6 Å². The topological polar surface area (TPSA) is 126 Å². The maximum atomic E-state index is 14.3. The largest absolute Gasteiger partial charge is 0.491 e. The lowest BCUT2D eigenvalue weighted by Crippen LogP contribution is -2.30. The molecule has 0 saturated heterocycles. The van der Waals surface area contributed by atoms with Crippen molar-refractivity contribution in [1.29, 1.82) is 0 Å². The van der Waals surface area contributed by atoms with Crippen LogP contribution in [0.3, 0.4) is 0 Å². The van der Waals surface area contributed by atoms with Gasteiger partial charge in [-0.3, -0.25) is 14.6 Å². The summed E-state index contributed by atoms with van der Waals surface area (Å²) in [4.78, 5) is 21.5.